The summed E-state index contributed by atoms with van der Waals surface area (Å²) in [4.78, 5) is 0. The van der Waals surface area contributed by atoms with Crippen molar-refractivity contribution < 1.29 is 13.5 Å². The molecule has 1 nitrogen and oxygen atoms in total. The summed E-state index contributed by atoms with van der Waals surface area (Å²) in [6.45, 7) is 12.5. The molecule has 0 aliphatic carbocycles. The largest absolute Gasteiger partial charge is 0.422 e. The van der Waals surface area contributed by atoms with Gasteiger partial charge in [0, 0.05) is 7.11 Å². The Balaban J connectivity index is 5.49. The average molecular weight is 262 g/mol. The van der Waals surface area contributed by atoms with E-state index in [2.05, 4.69) is 51.8 Å². The fourth-order valence-corrected chi connectivity index (χ4v) is 7.89. The van der Waals surface area contributed by atoms with E-state index < -0.39 is 14.2 Å². The molecule has 0 spiro atoms. The summed E-state index contributed by atoms with van der Waals surface area (Å²) in [6, 6.07) is 0. The van der Waals surface area contributed by atoms with E-state index in [0.717, 1.165) is 7.11 Å². The summed E-state index contributed by atoms with van der Waals surface area (Å²) in [5, 5.41) is 0. The highest BCUT2D eigenvalue weighted by molar-refractivity contribution is 6.90. The number of ether oxygens (including phenoxy) is 1. The second-order valence-electron chi connectivity index (χ2n) is 5.37. The molecule has 4 heteroatoms. The van der Waals surface area contributed by atoms with Gasteiger partial charge in [-0.1, -0.05) is 41.5 Å². The highest BCUT2D eigenvalue weighted by Crippen LogP contribution is 2.40. The molecule has 0 fully saturated rings. The number of rotatable bonds is 4. The van der Waals surface area contributed by atoms with Crippen LogP contribution in [0.5, 0.6) is 0 Å². The van der Waals surface area contributed by atoms with Crippen LogP contribution in [0.15, 0.2) is 0 Å². The summed E-state index contributed by atoms with van der Waals surface area (Å²) in [7, 11) is -1.09. The minimum absolute atomic E-state index is 0.350. The Morgan fingerprint density at radius 3 is 1.53 bits per heavy atom. The smallest absolute Gasteiger partial charge is 0.313 e. The van der Waals surface area contributed by atoms with Crippen molar-refractivity contribution in [3.63, 3.8) is 0 Å². The lowest BCUT2D eigenvalue weighted by Gasteiger charge is -2.38. The lowest BCUT2D eigenvalue weighted by atomic mass is 10.5. The molecule has 0 aliphatic heterocycles. The van der Waals surface area contributed by atoms with Crippen molar-refractivity contribution >= 4 is 8.07 Å². The Bertz CT molecular complexity index is 279. The molecule has 0 bridgehead atoms. The topological polar surface area (TPSA) is 9.23 Å². The Labute approximate surface area is 105 Å². The molecule has 0 atom stereocenters. The number of hydrogen-bond acceptors (Lipinski definition) is 1. The molecular weight excluding hydrogens is 238 g/mol. The molecule has 0 unspecified atom stereocenters. The lowest BCUT2D eigenvalue weighted by Crippen LogP contribution is -2.43. The first-order valence-corrected chi connectivity index (χ1v) is 8.30. The molecule has 100 valence electrons. The van der Waals surface area contributed by atoms with Crippen molar-refractivity contribution in [3.05, 3.63) is 0 Å². The minimum Gasteiger partial charge on any atom is -0.313 e. The highest BCUT2D eigenvalue weighted by Gasteiger charge is 2.42. The van der Waals surface area contributed by atoms with E-state index in [4.69, 9.17) is 0 Å². The molecular formula is C13H24F2OSi. The molecule has 17 heavy (non-hydrogen) atoms. The van der Waals surface area contributed by atoms with Crippen LogP contribution >= 0.6 is 0 Å². The van der Waals surface area contributed by atoms with E-state index >= 15 is 0 Å². The first-order chi connectivity index (χ1) is 7.60. The second kappa shape index (κ2) is 5.97. The van der Waals surface area contributed by atoms with Crippen LogP contribution in [0.3, 0.4) is 0 Å². The molecule has 0 aromatic carbocycles. The van der Waals surface area contributed by atoms with Crippen molar-refractivity contribution in [1.82, 2.24) is 0 Å². The van der Waals surface area contributed by atoms with Crippen molar-refractivity contribution in [3.8, 4) is 11.5 Å². The van der Waals surface area contributed by atoms with Crippen LogP contribution in [0.1, 0.15) is 41.5 Å². The van der Waals surface area contributed by atoms with Crippen molar-refractivity contribution in [2.75, 3.05) is 7.11 Å². The van der Waals surface area contributed by atoms with Gasteiger partial charge in [-0.25, -0.2) is 0 Å². The predicted octanol–water partition coefficient (Wildman–Crippen LogP) is 4.45. The maximum Gasteiger partial charge on any atom is 0.422 e. The van der Waals surface area contributed by atoms with Crippen LogP contribution < -0.4 is 0 Å². The van der Waals surface area contributed by atoms with Gasteiger partial charge in [-0.05, 0) is 22.5 Å². The number of methoxy groups -OCH3 is 1. The molecule has 0 saturated carbocycles. The number of alkyl halides is 2. The standard InChI is InChI=1S/C13H24F2OSi/c1-10(2)17(11(3)4,12(5)6)9-8-13(14,15)16-7/h10-12H,1-7H3. The Morgan fingerprint density at radius 2 is 1.29 bits per heavy atom. The van der Waals surface area contributed by atoms with E-state index in [1.807, 2.05) is 5.92 Å². The van der Waals surface area contributed by atoms with Gasteiger partial charge in [0.1, 0.15) is 8.07 Å². The van der Waals surface area contributed by atoms with Crippen LogP contribution in [0, 0.1) is 11.5 Å². The highest BCUT2D eigenvalue weighted by atomic mass is 28.3. The summed E-state index contributed by atoms with van der Waals surface area (Å²) < 4.78 is 30.3. The summed E-state index contributed by atoms with van der Waals surface area (Å²) >= 11 is 0. The first kappa shape index (κ1) is 16.6. The Hall–Kier alpha value is -0.403. The fraction of sp³-hybridized carbons (Fsp3) is 0.846. The van der Waals surface area contributed by atoms with Crippen LogP contribution in [0.2, 0.25) is 16.6 Å². The Morgan fingerprint density at radius 1 is 0.941 bits per heavy atom. The zero-order chi connectivity index (χ0) is 13.9. The van der Waals surface area contributed by atoms with Crippen molar-refractivity contribution in [1.29, 1.82) is 0 Å². The fourth-order valence-electron chi connectivity index (χ4n) is 2.67. The molecule has 0 saturated heterocycles. The van der Waals surface area contributed by atoms with Gasteiger partial charge in [0.2, 0.25) is 0 Å². The molecule has 0 rings (SSSR count). The number of hydrogen-bond donors (Lipinski definition) is 0. The summed E-state index contributed by atoms with van der Waals surface area (Å²) in [5.41, 5.74) is 3.99. The van der Waals surface area contributed by atoms with Crippen LogP contribution in [0.4, 0.5) is 8.78 Å². The Kier molecular flexibility index (Phi) is 5.83. The third-order valence-corrected chi connectivity index (χ3v) is 9.84. The van der Waals surface area contributed by atoms with E-state index in [-0.39, 0.29) is 0 Å². The van der Waals surface area contributed by atoms with Gasteiger partial charge in [-0.3, -0.25) is 0 Å². The van der Waals surface area contributed by atoms with Gasteiger partial charge in [0.25, 0.3) is 0 Å². The third-order valence-electron chi connectivity index (χ3n) is 3.55. The van der Waals surface area contributed by atoms with Crippen LogP contribution in [-0.2, 0) is 4.74 Å². The van der Waals surface area contributed by atoms with Crippen LogP contribution in [-0.4, -0.2) is 21.3 Å². The summed E-state index contributed by atoms with van der Waals surface area (Å²) in [6.07, 6.45) is -3.32. The first-order valence-electron chi connectivity index (χ1n) is 6.07. The van der Waals surface area contributed by atoms with E-state index in [0.29, 0.717) is 16.6 Å². The molecule has 0 aliphatic rings. The molecule has 0 N–H and O–H groups in total. The monoisotopic (exact) mass is 262 g/mol. The van der Waals surface area contributed by atoms with Gasteiger partial charge in [-0.2, -0.15) is 8.78 Å². The second-order valence-corrected chi connectivity index (χ2v) is 10.9. The van der Waals surface area contributed by atoms with Crippen molar-refractivity contribution in [2.45, 2.75) is 64.3 Å². The van der Waals surface area contributed by atoms with Gasteiger partial charge in [-0.15, -0.1) is 5.54 Å². The number of halogens is 2. The van der Waals surface area contributed by atoms with Crippen LogP contribution in [0.25, 0.3) is 0 Å². The van der Waals surface area contributed by atoms with Gasteiger partial charge >= 0.3 is 6.11 Å². The van der Waals surface area contributed by atoms with Gasteiger partial charge < -0.3 is 4.74 Å². The maximum atomic E-state index is 13.1. The molecule has 0 aromatic rings. The molecule has 0 heterocycles. The van der Waals surface area contributed by atoms with E-state index in [1.165, 1.54) is 0 Å². The maximum absolute atomic E-state index is 13.1. The zero-order valence-corrected chi connectivity index (χ0v) is 12.9. The average Bonchev–Trinajstić information content (AvgIpc) is 2.16. The molecule has 0 amide bonds. The van der Waals surface area contributed by atoms with E-state index in [9.17, 15) is 8.78 Å². The van der Waals surface area contributed by atoms with Crippen molar-refractivity contribution in [2.24, 2.45) is 0 Å². The summed E-state index contributed by atoms with van der Waals surface area (Å²) in [5.74, 6) is 2.05. The van der Waals surface area contributed by atoms with E-state index in [1.54, 1.807) is 0 Å². The van der Waals surface area contributed by atoms with Gasteiger partial charge in [0.15, 0.2) is 0 Å². The van der Waals surface area contributed by atoms with Gasteiger partial charge in [0.05, 0.1) is 0 Å². The quantitative estimate of drug-likeness (QED) is 0.537. The molecule has 0 radical (unpaired) electrons. The lowest BCUT2D eigenvalue weighted by molar-refractivity contribution is -0.172. The minimum atomic E-state index is -3.32. The molecule has 0 aromatic heterocycles. The normalized spacial score (nSPS) is 13.2. The zero-order valence-electron chi connectivity index (χ0n) is 11.9. The third kappa shape index (κ3) is 3.79. The SMILES string of the molecule is COC(F)(F)C#C[Si](C(C)C)(C(C)C)C(C)C. The predicted molar refractivity (Wildman–Crippen MR) is 70.8 cm³/mol.